The van der Waals surface area contributed by atoms with E-state index in [1.807, 2.05) is 42.5 Å². The van der Waals surface area contributed by atoms with Crippen molar-refractivity contribution in [3.63, 3.8) is 0 Å². The summed E-state index contributed by atoms with van der Waals surface area (Å²) in [5.41, 5.74) is 4.53. The van der Waals surface area contributed by atoms with Crippen LogP contribution in [0.15, 0.2) is 95.9 Å². The second-order valence-corrected chi connectivity index (χ2v) is 16.7. The summed E-state index contributed by atoms with van der Waals surface area (Å²) in [4.78, 5) is 52.5. The minimum absolute atomic E-state index is 0. The summed E-state index contributed by atoms with van der Waals surface area (Å²) in [5.74, 6) is -3.26. The van der Waals surface area contributed by atoms with Gasteiger partial charge < -0.3 is 25.7 Å². The number of benzene rings is 4. The van der Waals surface area contributed by atoms with Gasteiger partial charge in [-0.2, -0.15) is 4.31 Å². The maximum absolute atomic E-state index is 13.9. The number of hydrogen-bond acceptors (Lipinski definition) is 7. The molecule has 0 atom stereocenters. The Kier molecular flexibility index (Phi) is 19.5. The van der Waals surface area contributed by atoms with Crippen molar-refractivity contribution in [2.75, 3.05) is 35.2 Å². The zero-order valence-corrected chi connectivity index (χ0v) is 33.0. The average molecular weight is 875 g/mol. The second kappa shape index (κ2) is 23.3. The van der Waals surface area contributed by atoms with Crippen molar-refractivity contribution in [2.24, 2.45) is 5.92 Å². The van der Waals surface area contributed by atoms with Gasteiger partial charge in [0, 0.05) is 42.6 Å². The molecule has 4 aromatic carbocycles. The SMILES string of the molecule is CCN(C1CCC(C(=O)O)CC1)S(=O)(=O)c1cccc(C(=O)Nc2ccc(N3CCCCC3)cc2C(=O)Nc2ccc(CCCc3ccc(C(=O)O)cc3)cc2)c1.[KH].[KH]. The number of rotatable bonds is 15. The number of hydrogen-bond donors (Lipinski definition) is 4. The predicted molar refractivity (Wildman–Crippen MR) is 234 cm³/mol. The van der Waals surface area contributed by atoms with Gasteiger partial charge in [0.05, 0.1) is 27.6 Å². The Morgan fingerprint density at radius 2 is 1.36 bits per heavy atom. The van der Waals surface area contributed by atoms with Crippen LogP contribution in [0, 0.1) is 5.92 Å². The molecule has 4 aromatic rings. The molecule has 12 nitrogen and oxygen atoms in total. The molecular formula is C44H52K2N4O8S. The number of amides is 2. The van der Waals surface area contributed by atoms with Crippen LogP contribution >= 0.6 is 0 Å². The first-order valence-electron chi connectivity index (χ1n) is 19.7. The fourth-order valence-corrected chi connectivity index (χ4v) is 9.54. The van der Waals surface area contributed by atoms with Crippen LogP contribution in [0.5, 0.6) is 0 Å². The summed E-state index contributed by atoms with van der Waals surface area (Å²) < 4.78 is 29.2. The summed E-state index contributed by atoms with van der Waals surface area (Å²) in [7, 11) is -4.00. The molecule has 1 saturated heterocycles. The summed E-state index contributed by atoms with van der Waals surface area (Å²) in [6.07, 6.45) is 7.40. The summed E-state index contributed by atoms with van der Waals surface area (Å²) >= 11 is 0. The predicted octanol–water partition coefficient (Wildman–Crippen LogP) is 6.41. The molecular weight excluding hydrogens is 823 g/mol. The van der Waals surface area contributed by atoms with Crippen molar-refractivity contribution in [1.29, 1.82) is 0 Å². The van der Waals surface area contributed by atoms with Gasteiger partial charge in [0.2, 0.25) is 10.0 Å². The number of aliphatic carboxylic acids is 1. The van der Waals surface area contributed by atoms with Crippen LogP contribution in [0.25, 0.3) is 0 Å². The van der Waals surface area contributed by atoms with E-state index < -0.39 is 39.7 Å². The molecule has 2 fully saturated rings. The van der Waals surface area contributed by atoms with Crippen molar-refractivity contribution in [2.45, 2.75) is 82.1 Å². The van der Waals surface area contributed by atoms with Crippen molar-refractivity contribution >= 4 is 154 Å². The van der Waals surface area contributed by atoms with Crippen LogP contribution in [0.4, 0.5) is 17.1 Å². The maximum atomic E-state index is 13.9. The van der Waals surface area contributed by atoms with Crippen LogP contribution in [0.2, 0.25) is 0 Å². The molecule has 1 heterocycles. The van der Waals surface area contributed by atoms with E-state index in [4.69, 9.17) is 5.11 Å². The van der Waals surface area contributed by atoms with Crippen LogP contribution in [-0.4, -0.2) is 175 Å². The second-order valence-electron chi connectivity index (χ2n) is 14.8. The molecule has 0 aromatic heterocycles. The molecule has 15 heteroatoms. The Hall–Kier alpha value is -2.26. The molecule has 59 heavy (non-hydrogen) atoms. The van der Waals surface area contributed by atoms with Crippen LogP contribution in [0.1, 0.15) is 100 Å². The molecule has 0 unspecified atom stereocenters. The van der Waals surface area contributed by atoms with E-state index in [1.165, 1.54) is 28.6 Å². The first-order valence-corrected chi connectivity index (χ1v) is 21.1. The third-order valence-electron chi connectivity index (χ3n) is 11.0. The topological polar surface area (TPSA) is 173 Å². The van der Waals surface area contributed by atoms with Crippen molar-refractivity contribution < 1.29 is 37.8 Å². The molecule has 4 N–H and O–H groups in total. The number of aromatic carboxylic acids is 1. The zero-order chi connectivity index (χ0) is 40.5. The van der Waals surface area contributed by atoms with E-state index in [9.17, 15) is 32.7 Å². The summed E-state index contributed by atoms with van der Waals surface area (Å²) in [6.45, 7) is 3.68. The van der Waals surface area contributed by atoms with E-state index >= 15 is 0 Å². The number of carbonyl (C=O) groups excluding carboxylic acids is 2. The molecule has 2 amide bonds. The van der Waals surface area contributed by atoms with Crippen LogP contribution in [0.3, 0.4) is 0 Å². The third-order valence-corrected chi connectivity index (χ3v) is 13.1. The van der Waals surface area contributed by atoms with Gasteiger partial charge in [-0.25, -0.2) is 13.2 Å². The van der Waals surface area contributed by atoms with Gasteiger partial charge >= 0.3 is 115 Å². The van der Waals surface area contributed by atoms with E-state index in [2.05, 4.69) is 15.5 Å². The fraction of sp³-hybridized carbons (Fsp3) is 0.364. The van der Waals surface area contributed by atoms with Gasteiger partial charge in [-0.15, -0.1) is 0 Å². The van der Waals surface area contributed by atoms with Crippen LogP contribution < -0.4 is 15.5 Å². The number of aryl methyl sites for hydroxylation is 2. The Morgan fingerprint density at radius 1 is 0.729 bits per heavy atom. The number of carboxylic acid groups (broad SMARTS) is 2. The van der Waals surface area contributed by atoms with Gasteiger partial charge in [-0.3, -0.25) is 14.4 Å². The van der Waals surface area contributed by atoms with E-state index in [0.717, 1.165) is 68.4 Å². The number of anilines is 3. The van der Waals surface area contributed by atoms with E-state index in [-0.39, 0.29) is 143 Å². The van der Waals surface area contributed by atoms with E-state index in [1.54, 1.807) is 31.2 Å². The Bertz CT molecular complexity index is 2190. The molecule has 1 aliphatic carbocycles. The first-order chi connectivity index (χ1) is 27.4. The number of carbonyl (C=O) groups is 4. The van der Waals surface area contributed by atoms with Gasteiger partial charge in [0.15, 0.2) is 0 Å². The molecule has 1 saturated carbocycles. The molecule has 6 rings (SSSR count). The van der Waals surface area contributed by atoms with Gasteiger partial charge in [0.1, 0.15) is 0 Å². The monoisotopic (exact) mass is 874 g/mol. The number of sulfonamides is 1. The third kappa shape index (κ3) is 13.1. The Labute approximate surface area is 431 Å². The number of piperidine rings is 1. The van der Waals surface area contributed by atoms with E-state index in [0.29, 0.717) is 31.4 Å². The van der Waals surface area contributed by atoms with Crippen molar-refractivity contribution in [3.8, 4) is 0 Å². The normalized spacial score (nSPS) is 16.6. The van der Waals surface area contributed by atoms with Gasteiger partial charge in [-0.1, -0.05) is 37.3 Å². The van der Waals surface area contributed by atoms with Gasteiger partial charge in [0.25, 0.3) is 11.8 Å². The standard InChI is InChI=1S/C44H50N4O8S.2K.2H/c1-2-48(36-22-18-33(19-23-36)44(53)54)57(55,56)38-11-7-10-34(28-38)41(49)46-40-25-24-37(47-26-4-3-5-27-47)29-39(40)42(50)45-35-20-14-31(15-21-35)9-6-8-30-12-16-32(17-13-30)43(51)52;;;;/h7,10-17,20-21,24-25,28-29,33,36H,2-6,8-9,18-19,22-23,26-27H2,1H3,(H,45,50)(H,46,49)(H,51,52)(H,53,54);;;;. The molecule has 0 bridgehead atoms. The van der Waals surface area contributed by atoms with Crippen LogP contribution in [-0.2, 0) is 27.7 Å². The van der Waals surface area contributed by atoms with Crippen molar-refractivity contribution in [3.05, 3.63) is 119 Å². The fourth-order valence-electron chi connectivity index (χ4n) is 7.80. The first kappa shape index (κ1) is 49.4. The van der Waals surface area contributed by atoms with Gasteiger partial charge in [-0.05, 0) is 136 Å². The van der Waals surface area contributed by atoms with Crippen molar-refractivity contribution in [1.82, 2.24) is 4.31 Å². The minimum atomic E-state index is -4.00. The molecule has 304 valence electrons. The number of nitrogens with one attached hydrogen (secondary N) is 2. The zero-order valence-electron chi connectivity index (χ0n) is 32.2. The molecule has 2 aliphatic rings. The molecule has 0 radical (unpaired) electrons. The number of carboxylic acids is 2. The molecule has 0 spiro atoms. The summed E-state index contributed by atoms with van der Waals surface area (Å²) in [5, 5.41) is 24.4. The summed E-state index contributed by atoms with van der Waals surface area (Å²) in [6, 6.07) is 25.4. The number of nitrogens with zero attached hydrogens (tertiary/aromatic N) is 2. The average Bonchev–Trinajstić information content (AvgIpc) is 3.22. The quantitative estimate of drug-likeness (QED) is 0.0985. The Balaban J connectivity index is 0.00000384. The Morgan fingerprint density at radius 3 is 1.95 bits per heavy atom. The molecule has 1 aliphatic heterocycles.